The summed E-state index contributed by atoms with van der Waals surface area (Å²) >= 11 is 3.42. The van der Waals surface area contributed by atoms with Gasteiger partial charge in [0.1, 0.15) is 0 Å². The molecule has 1 unspecified atom stereocenters. The summed E-state index contributed by atoms with van der Waals surface area (Å²) in [6, 6.07) is 7.92. The smallest absolute Gasteiger partial charge is 0.247 e. The second kappa shape index (κ2) is 5.42. The van der Waals surface area contributed by atoms with Gasteiger partial charge in [-0.3, -0.25) is 0 Å². The van der Waals surface area contributed by atoms with Crippen LogP contribution in [-0.2, 0) is 0 Å². The third-order valence-corrected chi connectivity index (χ3v) is 3.06. The van der Waals surface area contributed by atoms with Gasteiger partial charge in [0.25, 0.3) is 0 Å². The van der Waals surface area contributed by atoms with Gasteiger partial charge in [0.05, 0.1) is 6.04 Å². The molecule has 1 heterocycles. The van der Waals surface area contributed by atoms with Crippen molar-refractivity contribution in [2.24, 2.45) is 0 Å². The van der Waals surface area contributed by atoms with Crippen LogP contribution in [0.4, 0.5) is 0 Å². The zero-order valence-corrected chi connectivity index (χ0v) is 11.4. The van der Waals surface area contributed by atoms with Gasteiger partial charge in [-0.1, -0.05) is 28.9 Å². The zero-order valence-electron chi connectivity index (χ0n) is 9.77. The highest BCUT2D eigenvalue weighted by molar-refractivity contribution is 9.10. The molecular formula is C12H14BrN3O. The highest BCUT2D eigenvalue weighted by Gasteiger charge is 2.15. The first-order chi connectivity index (χ1) is 8.24. The Hall–Kier alpha value is -1.20. The van der Waals surface area contributed by atoms with E-state index < -0.39 is 0 Å². The molecule has 1 aromatic heterocycles. The first kappa shape index (κ1) is 12.3. The van der Waals surface area contributed by atoms with Gasteiger partial charge in [-0.25, -0.2) is 0 Å². The number of nitrogens with zero attached hydrogens (tertiary/aromatic N) is 2. The first-order valence-electron chi connectivity index (χ1n) is 5.51. The molecule has 0 saturated heterocycles. The first-order valence-corrected chi connectivity index (χ1v) is 6.30. The molecule has 2 rings (SSSR count). The third kappa shape index (κ3) is 2.73. The van der Waals surface area contributed by atoms with Crippen LogP contribution in [0, 0.1) is 0 Å². The van der Waals surface area contributed by atoms with Crippen LogP contribution in [0.25, 0.3) is 11.5 Å². The van der Waals surface area contributed by atoms with Crippen LogP contribution in [0.1, 0.15) is 25.3 Å². The van der Waals surface area contributed by atoms with Crippen LogP contribution in [0.3, 0.4) is 0 Å². The number of halogens is 1. The molecule has 0 aliphatic rings. The number of hydrogen-bond donors (Lipinski definition) is 1. The van der Waals surface area contributed by atoms with Crippen LogP contribution in [0.15, 0.2) is 33.2 Å². The Morgan fingerprint density at radius 2 is 2.24 bits per heavy atom. The Kier molecular flexibility index (Phi) is 3.91. The minimum absolute atomic E-state index is 0.114. The Balaban J connectivity index is 2.29. The van der Waals surface area contributed by atoms with Gasteiger partial charge in [0, 0.05) is 10.0 Å². The maximum Gasteiger partial charge on any atom is 0.247 e. The summed E-state index contributed by atoms with van der Waals surface area (Å²) in [5, 5.41) is 11.3. The van der Waals surface area contributed by atoms with E-state index in [-0.39, 0.29) is 6.04 Å². The highest BCUT2D eigenvalue weighted by Crippen LogP contribution is 2.24. The fraction of sp³-hybridized carbons (Fsp3) is 0.333. The van der Waals surface area contributed by atoms with E-state index in [9.17, 15) is 0 Å². The largest absolute Gasteiger partial charge is 0.419 e. The predicted octanol–water partition coefficient (Wildman–Crippen LogP) is 3.17. The molecule has 0 bridgehead atoms. The van der Waals surface area contributed by atoms with E-state index in [2.05, 4.69) is 38.4 Å². The molecule has 0 fully saturated rings. The Morgan fingerprint density at radius 1 is 1.41 bits per heavy atom. The van der Waals surface area contributed by atoms with Crippen molar-refractivity contribution < 1.29 is 4.42 Å². The van der Waals surface area contributed by atoms with E-state index >= 15 is 0 Å². The second-order valence-corrected chi connectivity index (χ2v) is 4.62. The maximum absolute atomic E-state index is 5.66. The topological polar surface area (TPSA) is 51.0 Å². The van der Waals surface area contributed by atoms with Crippen LogP contribution in [-0.4, -0.2) is 17.2 Å². The molecule has 0 amide bonds. The van der Waals surface area contributed by atoms with Crippen molar-refractivity contribution in [3.63, 3.8) is 0 Å². The molecule has 1 atom stereocenters. The molecule has 0 radical (unpaired) electrons. The second-order valence-electron chi connectivity index (χ2n) is 3.71. The molecule has 2 aromatic rings. The lowest BCUT2D eigenvalue weighted by Crippen LogP contribution is -2.15. The van der Waals surface area contributed by atoms with Crippen LogP contribution in [0.5, 0.6) is 0 Å². The molecular weight excluding hydrogens is 282 g/mol. The van der Waals surface area contributed by atoms with Crippen molar-refractivity contribution in [3.05, 3.63) is 34.6 Å². The van der Waals surface area contributed by atoms with E-state index in [1.54, 1.807) is 0 Å². The number of hydrogen-bond acceptors (Lipinski definition) is 4. The van der Waals surface area contributed by atoms with Gasteiger partial charge < -0.3 is 9.73 Å². The van der Waals surface area contributed by atoms with Crippen molar-refractivity contribution in [3.8, 4) is 11.5 Å². The quantitative estimate of drug-likeness (QED) is 0.941. The van der Waals surface area contributed by atoms with Crippen LogP contribution in [0.2, 0.25) is 0 Å². The maximum atomic E-state index is 5.66. The molecule has 4 nitrogen and oxygen atoms in total. The fourth-order valence-electron chi connectivity index (χ4n) is 1.62. The van der Waals surface area contributed by atoms with Crippen molar-refractivity contribution >= 4 is 15.9 Å². The van der Waals surface area contributed by atoms with Gasteiger partial charge in [0.15, 0.2) is 0 Å². The summed E-state index contributed by atoms with van der Waals surface area (Å²) in [6.07, 6.45) is 0.913. The van der Waals surface area contributed by atoms with Gasteiger partial charge in [-0.2, -0.15) is 0 Å². The number of aromatic nitrogens is 2. The molecule has 0 aliphatic carbocycles. The third-order valence-electron chi connectivity index (χ3n) is 2.57. The summed E-state index contributed by atoms with van der Waals surface area (Å²) in [5.74, 6) is 1.18. The number of rotatable bonds is 4. The zero-order chi connectivity index (χ0) is 12.3. The Labute approximate surface area is 109 Å². The molecule has 90 valence electrons. The minimum Gasteiger partial charge on any atom is -0.419 e. The molecule has 17 heavy (non-hydrogen) atoms. The summed E-state index contributed by atoms with van der Waals surface area (Å²) in [7, 11) is 1.89. The molecule has 1 aromatic carbocycles. The average molecular weight is 296 g/mol. The SMILES string of the molecule is CCC(NC)c1nnc(-c2cccc(Br)c2)o1. The van der Waals surface area contributed by atoms with E-state index in [1.165, 1.54) is 0 Å². The summed E-state index contributed by atoms with van der Waals surface area (Å²) in [6.45, 7) is 2.07. The number of nitrogens with one attached hydrogen (secondary N) is 1. The monoisotopic (exact) mass is 295 g/mol. The Morgan fingerprint density at radius 3 is 2.88 bits per heavy atom. The number of benzene rings is 1. The highest BCUT2D eigenvalue weighted by atomic mass is 79.9. The molecule has 0 spiro atoms. The van der Waals surface area contributed by atoms with Crippen molar-refractivity contribution in [2.45, 2.75) is 19.4 Å². The predicted molar refractivity (Wildman–Crippen MR) is 69.5 cm³/mol. The van der Waals surface area contributed by atoms with Gasteiger partial charge in [-0.05, 0) is 31.7 Å². The van der Waals surface area contributed by atoms with Crippen LogP contribution < -0.4 is 5.32 Å². The standard InChI is InChI=1S/C12H14BrN3O/c1-3-10(14-2)12-16-15-11(17-12)8-5-4-6-9(13)7-8/h4-7,10,14H,3H2,1-2H3. The summed E-state index contributed by atoms with van der Waals surface area (Å²) in [5.41, 5.74) is 0.920. The minimum atomic E-state index is 0.114. The van der Waals surface area contributed by atoms with E-state index in [0.29, 0.717) is 11.8 Å². The lowest BCUT2D eigenvalue weighted by Gasteiger charge is -2.07. The molecule has 5 heteroatoms. The molecule has 0 aliphatic heterocycles. The van der Waals surface area contributed by atoms with E-state index in [0.717, 1.165) is 16.5 Å². The van der Waals surface area contributed by atoms with Crippen molar-refractivity contribution in [1.82, 2.24) is 15.5 Å². The van der Waals surface area contributed by atoms with Gasteiger partial charge in [0.2, 0.25) is 11.8 Å². The lowest BCUT2D eigenvalue weighted by atomic mass is 10.2. The lowest BCUT2D eigenvalue weighted by molar-refractivity contribution is 0.415. The van der Waals surface area contributed by atoms with E-state index in [1.807, 2.05) is 31.3 Å². The van der Waals surface area contributed by atoms with Crippen LogP contribution >= 0.6 is 15.9 Å². The van der Waals surface area contributed by atoms with Crippen molar-refractivity contribution in [1.29, 1.82) is 0 Å². The average Bonchev–Trinajstić information content (AvgIpc) is 2.80. The van der Waals surface area contributed by atoms with E-state index in [4.69, 9.17) is 4.42 Å². The van der Waals surface area contributed by atoms with Gasteiger partial charge >= 0.3 is 0 Å². The summed E-state index contributed by atoms with van der Waals surface area (Å²) in [4.78, 5) is 0. The van der Waals surface area contributed by atoms with Gasteiger partial charge in [-0.15, -0.1) is 10.2 Å². The molecule has 1 N–H and O–H groups in total. The molecule has 0 saturated carbocycles. The summed E-state index contributed by atoms with van der Waals surface area (Å²) < 4.78 is 6.66. The fourth-order valence-corrected chi connectivity index (χ4v) is 2.02. The normalized spacial score (nSPS) is 12.6. The van der Waals surface area contributed by atoms with Crippen molar-refractivity contribution in [2.75, 3.05) is 7.05 Å². The Bertz CT molecular complexity index is 494.